The van der Waals surface area contributed by atoms with Crippen molar-refractivity contribution in [1.29, 1.82) is 0 Å². The lowest BCUT2D eigenvalue weighted by molar-refractivity contribution is -0.116. The SMILES string of the molecule is COc1ccc(Cl)cc1NC(=O)[C@@H](C)N(c1ccc(Oc2ccccc2)cc1)S(C)(=O)=O. The van der Waals surface area contributed by atoms with Crippen molar-refractivity contribution >= 4 is 38.9 Å². The number of amides is 1. The first kappa shape index (κ1) is 23.4. The fraction of sp³-hybridized carbons (Fsp3) is 0.174. The second-order valence-corrected chi connectivity index (χ2v) is 9.27. The number of rotatable bonds is 8. The standard InChI is InChI=1S/C23H23ClN2O5S/c1-16(23(27)25-21-15-17(24)9-14-22(21)30-2)26(32(3,28)29)18-10-12-20(13-11-18)31-19-7-5-4-6-8-19/h4-16H,1-3H3,(H,25,27)/t16-/m1/s1. The van der Waals surface area contributed by atoms with Gasteiger partial charge in [0.1, 0.15) is 23.3 Å². The highest BCUT2D eigenvalue weighted by molar-refractivity contribution is 7.92. The lowest BCUT2D eigenvalue weighted by Gasteiger charge is -2.28. The van der Waals surface area contributed by atoms with Gasteiger partial charge in [0, 0.05) is 5.02 Å². The van der Waals surface area contributed by atoms with Crippen LogP contribution in [0.5, 0.6) is 17.2 Å². The molecule has 0 aromatic heterocycles. The third-order valence-corrected chi connectivity index (χ3v) is 6.05. The number of ether oxygens (including phenoxy) is 2. The largest absolute Gasteiger partial charge is 0.495 e. The number of anilines is 2. The van der Waals surface area contributed by atoms with Crippen LogP contribution in [0, 0.1) is 0 Å². The minimum Gasteiger partial charge on any atom is -0.495 e. The number of nitrogens with zero attached hydrogens (tertiary/aromatic N) is 1. The van der Waals surface area contributed by atoms with Crippen LogP contribution in [0.3, 0.4) is 0 Å². The zero-order valence-electron chi connectivity index (χ0n) is 17.8. The summed E-state index contributed by atoms with van der Waals surface area (Å²) >= 11 is 6.02. The lowest BCUT2D eigenvalue weighted by Crippen LogP contribution is -2.45. The molecule has 168 valence electrons. The molecule has 1 amide bonds. The predicted molar refractivity (Wildman–Crippen MR) is 126 cm³/mol. The highest BCUT2D eigenvalue weighted by atomic mass is 35.5. The van der Waals surface area contributed by atoms with E-state index < -0.39 is 22.0 Å². The third kappa shape index (κ3) is 5.72. The monoisotopic (exact) mass is 474 g/mol. The maximum absolute atomic E-state index is 12.9. The highest BCUT2D eigenvalue weighted by Gasteiger charge is 2.29. The molecule has 0 unspecified atom stereocenters. The molecule has 3 aromatic rings. The molecule has 3 aromatic carbocycles. The van der Waals surface area contributed by atoms with Crippen molar-refractivity contribution in [2.24, 2.45) is 0 Å². The Morgan fingerprint density at radius 3 is 2.22 bits per heavy atom. The summed E-state index contributed by atoms with van der Waals surface area (Å²) in [5, 5.41) is 3.09. The van der Waals surface area contributed by atoms with Crippen molar-refractivity contribution < 1.29 is 22.7 Å². The number of halogens is 1. The van der Waals surface area contributed by atoms with Gasteiger partial charge in [-0.25, -0.2) is 8.42 Å². The van der Waals surface area contributed by atoms with Crippen LogP contribution >= 0.6 is 11.6 Å². The Hall–Kier alpha value is -3.23. The van der Waals surface area contributed by atoms with E-state index in [-0.39, 0.29) is 0 Å². The average Bonchev–Trinajstić information content (AvgIpc) is 2.75. The Labute approximate surface area is 192 Å². The summed E-state index contributed by atoms with van der Waals surface area (Å²) in [6.45, 7) is 1.50. The maximum Gasteiger partial charge on any atom is 0.248 e. The Balaban J connectivity index is 1.83. The van der Waals surface area contributed by atoms with Gasteiger partial charge in [-0.3, -0.25) is 9.10 Å². The molecule has 0 bridgehead atoms. The Morgan fingerprint density at radius 2 is 1.62 bits per heavy atom. The van der Waals surface area contributed by atoms with E-state index in [2.05, 4.69) is 5.32 Å². The van der Waals surface area contributed by atoms with Gasteiger partial charge < -0.3 is 14.8 Å². The second-order valence-electron chi connectivity index (χ2n) is 6.98. The molecule has 1 atom stereocenters. The fourth-order valence-electron chi connectivity index (χ4n) is 3.11. The lowest BCUT2D eigenvalue weighted by atomic mass is 10.2. The number of methoxy groups -OCH3 is 1. The summed E-state index contributed by atoms with van der Waals surface area (Å²) in [5.74, 6) is 1.06. The molecule has 0 fully saturated rings. The van der Waals surface area contributed by atoms with E-state index in [4.69, 9.17) is 21.1 Å². The molecular weight excluding hydrogens is 452 g/mol. The summed E-state index contributed by atoms with van der Waals surface area (Å²) in [7, 11) is -2.31. The van der Waals surface area contributed by atoms with E-state index in [9.17, 15) is 13.2 Å². The van der Waals surface area contributed by atoms with E-state index in [1.165, 1.54) is 20.1 Å². The Morgan fingerprint density at radius 1 is 1.00 bits per heavy atom. The molecule has 3 rings (SSSR count). The number of hydrogen-bond acceptors (Lipinski definition) is 5. The molecule has 0 radical (unpaired) electrons. The van der Waals surface area contributed by atoms with Gasteiger partial charge in [-0.05, 0) is 61.5 Å². The van der Waals surface area contributed by atoms with Crippen molar-refractivity contribution in [2.45, 2.75) is 13.0 Å². The smallest absolute Gasteiger partial charge is 0.248 e. The van der Waals surface area contributed by atoms with Crippen LogP contribution < -0.4 is 19.1 Å². The van der Waals surface area contributed by atoms with E-state index in [1.807, 2.05) is 30.3 Å². The number of nitrogens with one attached hydrogen (secondary N) is 1. The predicted octanol–water partition coefficient (Wildman–Crippen LogP) is 4.93. The molecule has 0 aliphatic rings. The zero-order chi connectivity index (χ0) is 23.3. The van der Waals surface area contributed by atoms with Crippen LogP contribution in [0.2, 0.25) is 5.02 Å². The highest BCUT2D eigenvalue weighted by Crippen LogP contribution is 2.30. The molecule has 0 aliphatic carbocycles. The molecule has 9 heteroatoms. The Bertz CT molecular complexity index is 1180. The molecular formula is C23H23ClN2O5S. The van der Waals surface area contributed by atoms with E-state index >= 15 is 0 Å². The second kappa shape index (κ2) is 9.93. The van der Waals surface area contributed by atoms with Gasteiger partial charge in [0.05, 0.1) is 24.7 Å². The zero-order valence-corrected chi connectivity index (χ0v) is 19.4. The van der Waals surface area contributed by atoms with Crippen LogP contribution in [-0.2, 0) is 14.8 Å². The molecule has 0 saturated heterocycles. The molecule has 7 nitrogen and oxygen atoms in total. The van der Waals surface area contributed by atoms with Gasteiger partial charge in [-0.2, -0.15) is 0 Å². The van der Waals surface area contributed by atoms with Crippen LogP contribution in [0.25, 0.3) is 0 Å². The molecule has 0 saturated carbocycles. The number of para-hydroxylation sites is 1. The quantitative estimate of drug-likeness (QED) is 0.500. The summed E-state index contributed by atoms with van der Waals surface area (Å²) in [6.07, 6.45) is 1.05. The van der Waals surface area contributed by atoms with Gasteiger partial charge in [-0.1, -0.05) is 29.8 Å². The normalized spacial score (nSPS) is 12.0. The molecule has 1 N–H and O–H groups in total. The van der Waals surface area contributed by atoms with Crippen molar-refractivity contribution in [3.05, 3.63) is 77.8 Å². The summed E-state index contributed by atoms with van der Waals surface area (Å²) in [4.78, 5) is 12.9. The number of hydrogen-bond donors (Lipinski definition) is 1. The number of benzene rings is 3. The van der Waals surface area contributed by atoms with Gasteiger partial charge in [0.25, 0.3) is 0 Å². The summed E-state index contributed by atoms with van der Waals surface area (Å²) in [6, 6.07) is 19.4. The first-order chi connectivity index (χ1) is 15.2. The first-order valence-corrected chi connectivity index (χ1v) is 11.9. The fourth-order valence-corrected chi connectivity index (χ4v) is 4.46. The number of sulfonamides is 1. The van der Waals surface area contributed by atoms with Crippen LogP contribution in [0.15, 0.2) is 72.8 Å². The van der Waals surface area contributed by atoms with Crippen molar-refractivity contribution in [3.63, 3.8) is 0 Å². The van der Waals surface area contributed by atoms with E-state index in [0.29, 0.717) is 33.6 Å². The molecule has 0 spiro atoms. The van der Waals surface area contributed by atoms with Gasteiger partial charge >= 0.3 is 0 Å². The number of carbonyl (C=O) groups is 1. The summed E-state index contributed by atoms with van der Waals surface area (Å²) in [5.41, 5.74) is 0.672. The van der Waals surface area contributed by atoms with Gasteiger partial charge in [0.15, 0.2) is 0 Å². The third-order valence-electron chi connectivity index (χ3n) is 4.58. The first-order valence-electron chi connectivity index (χ1n) is 9.66. The molecule has 32 heavy (non-hydrogen) atoms. The van der Waals surface area contributed by atoms with Crippen molar-refractivity contribution in [2.75, 3.05) is 23.0 Å². The van der Waals surface area contributed by atoms with Crippen molar-refractivity contribution in [3.8, 4) is 17.2 Å². The summed E-state index contributed by atoms with van der Waals surface area (Å²) < 4.78 is 37.1. The minimum atomic E-state index is -3.78. The maximum atomic E-state index is 12.9. The number of carbonyl (C=O) groups excluding carboxylic acids is 1. The van der Waals surface area contributed by atoms with Crippen LogP contribution in [0.1, 0.15) is 6.92 Å². The Kier molecular flexibility index (Phi) is 7.27. The van der Waals surface area contributed by atoms with E-state index in [1.54, 1.807) is 36.4 Å². The van der Waals surface area contributed by atoms with Crippen molar-refractivity contribution in [1.82, 2.24) is 0 Å². The van der Waals surface area contributed by atoms with Crippen LogP contribution in [0.4, 0.5) is 11.4 Å². The minimum absolute atomic E-state index is 0.327. The van der Waals surface area contributed by atoms with Gasteiger partial charge in [0.2, 0.25) is 15.9 Å². The average molecular weight is 475 g/mol. The van der Waals surface area contributed by atoms with Crippen LogP contribution in [-0.4, -0.2) is 33.7 Å². The van der Waals surface area contributed by atoms with E-state index in [0.717, 1.165) is 10.6 Å². The molecule has 0 heterocycles. The van der Waals surface area contributed by atoms with Gasteiger partial charge in [-0.15, -0.1) is 0 Å². The topological polar surface area (TPSA) is 84.9 Å². The molecule has 0 aliphatic heterocycles.